The second-order valence-corrected chi connectivity index (χ2v) is 5.32. The number of anilines is 2. The Balaban J connectivity index is 2.32. The van der Waals surface area contributed by atoms with Crippen LogP contribution < -0.4 is 10.6 Å². The van der Waals surface area contributed by atoms with Crippen LogP contribution in [0.15, 0.2) is 42.6 Å². The first-order valence-electron chi connectivity index (χ1n) is 7.25. The van der Waals surface area contributed by atoms with Gasteiger partial charge in [0, 0.05) is 5.69 Å². The molecule has 2 N–H and O–H groups in total. The van der Waals surface area contributed by atoms with Crippen molar-refractivity contribution in [3.63, 3.8) is 0 Å². The van der Waals surface area contributed by atoms with Gasteiger partial charge in [0.25, 0.3) is 5.91 Å². The van der Waals surface area contributed by atoms with E-state index >= 15 is 0 Å². The van der Waals surface area contributed by atoms with Gasteiger partial charge in [0.15, 0.2) is 0 Å². The average Bonchev–Trinajstić information content (AvgIpc) is 2.57. The van der Waals surface area contributed by atoms with E-state index in [2.05, 4.69) is 21.5 Å². The normalized spacial score (nSPS) is 12.8. The van der Waals surface area contributed by atoms with Crippen molar-refractivity contribution in [3.8, 4) is 12.3 Å². The molecule has 1 amide bonds. The minimum Gasteiger partial charge on any atom is -0.340 e. The maximum Gasteiger partial charge on any atom is 0.256 e. The molecule has 0 radical (unpaired) electrons. The molecule has 0 aliphatic rings. The van der Waals surface area contributed by atoms with E-state index in [1.165, 1.54) is 0 Å². The monoisotopic (exact) mass is 311 g/mol. The zero-order valence-corrected chi connectivity index (χ0v) is 13.1. The Kier molecular flexibility index (Phi) is 4.97. The average molecular weight is 311 g/mol. The highest BCUT2D eigenvalue weighted by Gasteiger charge is 2.24. The summed E-state index contributed by atoms with van der Waals surface area (Å²) in [7, 11) is 0. The summed E-state index contributed by atoms with van der Waals surface area (Å²) in [6, 6.07) is 10.3. The number of hydrogen-bond donors (Lipinski definition) is 2. The smallest absolute Gasteiger partial charge is 0.256 e. The predicted octanol–water partition coefficient (Wildman–Crippen LogP) is 3.50. The number of carbonyl (C=O) groups is 1. The van der Waals surface area contributed by atoms with Crippen LogP contribution in [0.4, 0.5) is 15.9 Å². The van der Waals surface area contributed by atoms with E-state index in [0.29, 0.717) is 6.42 Å². The van der Waals surface area contributed by atoms with Crippen LogP contribution >= 0.6 is 0 Å². The zero-order chi connectivity index (χ0) is 16.9. The second kappa shape index (κ2) is 6.93. The molecule has 4 nitrogen and oxygen atoms in total. The molecule has 0 bridgehead atoms. The van der Waals surface area contributed by atoms with E-state index < -0.39 is 17.3 Å². The minimum absolute atomic E-state index is 0.101. The molecule has 23 heavy (non-hydrogen) atoms. The Morgan fingerprint density at radius 1 is 1.39 bits per heavy atom. The largest absolute Gasteiger partial charge is 0.340 e. The molecule has 118 valence electrons. The van der Waals surface area contributed by atoms with Crippen LogP contribution in [-0.4, -0.2) is 16.4 Å². The van der Waals surface area contributed by atoms with Gasteiger partial charge in [0.05, 0.1) is 17.3 Å². The SMILES string of the molecule is C#C[C@](C)(CC)NC(=O)c1cc(F)cnc1Nc1ccccc1. The molecule has 1 aromatic carbocycles. The van der Waals surface area contributed by atoms with Crippen LogP contribution in [0.3, 0.4) is 0 Å². The zero-order valence-electron chi connectivity index (χ0n) is 13.1. The third kappa shape index (κ3) is 4.07. The van der Waals surface area contributed by atoms with Gasteiger partial charge in [-0.3, -0.25) is 4.79 Å². The molecule has 0 unspecified atom stereocenters. The van der Waals surface area contributed by atoms with Gasteiger partial charge in [-0.2, -0.15) is 0 Å². The lowest BCUT2D eigenvalue weighted by molar-refractivity contribution is 0.0924. The summed E-state index contributed by atoms with van der Waals surface area (Å²) in [4.78, 5) is 16.5. The molecule has 1 atom stereocenters. The molecule has 0 aliphatic heterocycles. The molecule has 2 rings (SSSR count). The molecule has 1 heterocycles. The van der Waals surface area contributed by atoms with Crippen molar-refractivity contribution >= 4 is 17.4 Å². The molecule has 0 aliphatic carbocycles. The van der Waals surface area contributed by atoms with Crippen molar-refractivity contribution in [2.45, 2.75) is 25.8 Å². The second-order valence-electron chi connectivity index (χ2n) is 5.32. The topological polar surface area (TPSA) is 54.0 Å². The van der Waals surface area contributed by atoms with E-state index in [-0.39, 0.29) is 11.4 Å². The summed E-state index contributed by atoms with van der Waals surface area (Å²) in [5.41, 5.74) is 0.0487. The number of amides is 1. The van der Waals surface area contributed by atoms with Gasteiger partial charge < -0.3 is 10.6 Å². The van der Waals surface area contributed by atoms with Crippen molar-refractivity contribution in [1.29, 1.82) is 0 Å². The first-order valence-corrected chi connectivity index (χ1v) is 7.25. The lowest BCUT2D eigenvalue weighted by atomic mass is 9.99. The van der Waals surface area contributed by atoms with Crippen molar-refractivity contribution in [2.24, 2.45) is 0 Å². The number of carbonyl (C=O) groups excluding carboxylic acids is 1. The van der Waals surface area contributed by atoms with Crippen molar-refractivity contribution in [2.75, 3.05) is 5.32 Å². The Morgan fingerprint density at radius 2 is 2.09 bits per heavy atom. The first-order chi connectivity index (χ1) is 11.0. The molecule has 0 fully saturated rings. The van der Waals surface area contributed by atoms with Gasteiger partial charge >= 0.3 is 0 Å². The molecule has 1 aromatic heterocycles. The van der Waals surface area contributed by atoms with Gasteiger partial charge in [-0.1, -0.05) is 31.0 Å². The lowest BCUT2D eigenvalue weighted by Crippen LogP contribution is -2.44. The number of rotatable bonds is 5. The Morgan fingerprint density at radius 3 is 2.70 bits per heavy atom. The molecule has 2 aromatic rings. The fraction of sp³-hybridized carbons (Fsp3) is 0.222. The van der Waals surface area contributed by atoms with Crippen LogP contribution in [0, 0.1) is 18.2 Å². The standard InChI is InChI=1S/C18H18FN3O/c1-4-18(3,5-2)22-17(23)15-11-13(19)12-20-16(15)21-14-9-7-6-8-10-14/h1,6-12H,5H2,2-3H3,(H,20,21)(H,22,23)/t18-/m1/s1. The van der Waals surface area contributed by atoms with Crippen LogP contribution in [-0.2, 0) is 0 Å². The Bertz CT molecular complexity index is 740. The van der Waals surface area contributed by atoms with Crippen molar-refractivity contribution in [3.05, 3.63) is 54.0 Å². The summed E-state index contributed by atoms with van der Waals surface area (Å²) < 4.78 is 13.5. The summed E-state index contributed by atoms with van der Waals surface area (Å²) in [5.74, 6) is 1.75. The predicted molar refractivity (Wildman–Crippen MR) is 88.9 cm³/mol. The number of halogens is 1. The molecule has 0 saturated carbocycles. The number of hydrogen-bond acceptors (Lipinski definition) is 3. The van der Waals surface area contributed by atoms with E-state index in [0.717, 1.165) is 18.0 Å². The maximum atomic E-state index is 13.5. The number of pyridine rings is 1. The Hall–Kier alpha value is -2.87. The van der Waals surface area contributed by atoms with Gasteiger partial charge in [-0.25, -0.2) is 9.37 Å². The summed E-state index contributed by atoms with van der Waals surface area (Å²) in [6.07, 6.45) is 7.08. The number of nitrogens with zero attached hydrogens (tertiary/aromatic N) is 1. The lowest BCUT2D eigenvalue weighted by Gasteiger charge is -2.24. The summed E-state index contributed by atoms with van der Waals surface area (Å²) in [6.45, 7) is 3.61. The summed E-state index contributed by atoms with van der Waals surface area (Å²) in [5, 5.41) is 5.75. The molecular weight excluding hydrogens is 293 g/mol. The van der Waals surface area contributed by atoms with E-state index in [9.17, 15) is 9.18 Å². The van der Waals surface area contributed by atoms with Gasteiger partial charge in [0.2, 0.25) is 0 Å². The summed E-state index contributed by atoms with van der Waals surface area (Å²) >= 11 is 0. The number of benzene rings is 1. The Labute approximate surface area is 135 Å². The highest BCUT2D eigenvalue weighted by atomic mass is 19.1. The fourth-order valence-corrected chi connectivity index (χ4v) is 1.91. The number of para-hydroxylation sites is 1. The van der Waals surface area contributed by atoms with E-state index in [1.807, 2.05) is 37.3 Å². The van der Waals surface area contributed by atoms with E-state index in [4.69, 9.17) is 6.42 Å². The molecular formula is C18H18FN3O. The molecule has 0 spiro atoms. The fourth-order valence-electron chi connectivity index (χ4n) is 1.91. The number of terminal acetylenes is 1. The van der Waals surface area contributed by atoms with Gasteiger partial charge in [0.1, 0.15) is 11.6 Å². The number of aromatic nitrogens is 1. The van der Waals surface area contributed by atoms with E-state index in [1.54, 1.807) is 6.92 Å². The maximum absolute atomic E-state index is 13.5. The quantitative estimate of drug-likeness (QED) is 0.831. The van der Waals surface area contributed by atoms with Gasteiger partial charge in [-0.15, -0.1) is 6.42 Å². The van der Waals surface area contributed by atoms with Crippen molar-refractivity contribution in [1.82, 2.24) is 10.3 Å². The number of nitrogens with one attached hydrogen (secondary N) is 2. The minimum atomic E-state index is -0.798. The third-order valence-electron chi connectivity index (χ3n) is 3.55. The van der Waals surface area contributed by atoms with Crippen LogP contribution in [0.1, 0.15) is 30.6 Å². The van der Waals surface area contributed by atoms with Gasteiger partial charge in [-0.05, 0) is 31.5 Å². The molecule has 0 saturated heterocycles. The van der Waals surface area contributed by atoms with Crippen LogP contribution in [0.25, 0.3) is 0 Å². The van der Waals surface area contributed by atoms with Crippen LogP contribution in [0.5, 0.6) is 0 Å². The first kappa shape index (κ1) is 16.5. The molecule has 5 heteroatoms. The van der Waals surface area contributed by atoms with Crippen molar-refractivity contribution < 1.29 is 9.18 Å². The highest BCUT2D eigenvalue weighted by molar-refractivity contribution is 6.00. The highest BCUT2D eigenvalue weighted by Crippen LogP contribution is 2.20. The van der Waals surface area contributed by atoms with Crippen LogP contribution in [0.2, 0.25) is 0 Å². The third-order valence-corrected chi connectivity index (χ3v) is 3.55.